The molecule has 0 amide bonds. The van der Waals surface area contributed by atoms with Crippen molar-refractivity contribution in [3.8, 4) is 17.3 Å². The fourth-order valence-corrected chi connectivity index (χ4v) is 4.29. The highest BCUT2D eigenvalue weighted by atomic mass is 15.3. The van der Waals surface area contributed by atoms with Crippen LogP contribution in [0.3, 0.4) is 0 Å². The Kier molecular flexibility index (Phi) is 8.53. The van der Waals surface area contributed by atoms with Crippen molar-refractivity contribution >= 4 is 0 Å². The predicted octanol–water partition coefficient (Wildman–Crippen LogP) is 7.47. The summed E-state index contributed by atoms with van der Waals surface area (Å²) in [5.41, 5.74) is 5.89. The molecule has 2 aromatic carbocycles. The van der Waals surface area contributed by atoms with Crippen LogP contribution in [-0.2, 0) is 5.54 Å². The minimum absolute atomic E-state index is 0.539. The number of hydrogen-bond donors (Lipinski definition) is 0. The largest absolute Gasteiger partial charge is 0.255 e. The van der Waals surface area contributed by atoms with Gasteiger partial charge < -0.3 is 0 Å². The first kappa shape index (κ1) is 25.4. The van der Waals surface area contributed by atoms with Gasteiger partial charge in [-0.2, -0.15) is 10.4 Å². The summed E-state index contributed by atoms with van der Waals surface area (Å²) >= 11 is 0. The molecular weight excluding hydrogens is 428 g/mol. The molecule has 4 aromatic rings. The van der Waals surface area contributed by atoms with E-state index in [1.54, 1.807) is 12.3 Å². The number of aromatic nitrogens is 3. The van der Waals surface area contributed by atoms with Crippen LogP contribution in [0.5, 0.6) is 0 Å². The summed E-state index contributed by atoms with van der Waals surface area (Å²) < 4.78 is 2.05. The number of allylic oxidation sites excluding steroid dienone is 4. The Morgan fingerprint density at radius 2 is 1.54 bits per heavy atom. The summed E-state index contributed by atoms with van der Waals surface area (Å²) in [4.78, 5) is 4.51. The maximum atomic E-state index is 9.13. The standard InChI is InChI=1S/C29H26N4.C2H6/c1-4-5-12-22(2)29(25-13-8-6-9-14-25,26-15-10-7-11-16-26)33-21-27(23(3)32-33)28-18-17-24(19-30)20-31-28;1-2/h4-18,20-21H,1-3H3;1-2H3/b5-4-,22-12+;. The van der Waals surface area contributed by atoms with Gasteiger partial charge in [-0.1, -0.05) is 92.7 Å². The number of pyridine rings is 1. The molecule has 4 nitrogen and oxygen atoms in total. The van der Waals surface area contributed by atoms with Crippen LogP contribution in [0.15, 0.2) is 109 Å². The highest BCUT2D eigenvalue weighted by Crippen LogP contribution is 2.41. The molecule has 0 aliphatic rings. The zero-order valence-electron chi connectivity index (χ0n) is 21.1. The van der Waals surface area contributed by atoms with E-state index in [9.17, 15) is 0 Å². The van der Waals surface area contributed by atoms with Gasteiger partial charge in [-0.15, -0.1) is 0 Å². The van der Waals surface area contributed by atoms with Crippen LogP contribution < -0.4 is 0 Å². The third-order valence-corrected chi connectivity index (χ3v) is 5.90. The Morgan fingerprint density at radius 1 is 0.943 bits per heavy atom. The molecular formula is C31H32N4. The zero-order valence-corrected chi connectivity index (χ0v) is 21.1. The van der Waals surface area contributed by atoms with Gasteiger partial charge in [0.2, 0.25) is 0 Å². The summed E-state index contributed by atoms with van der Waals surface area (Å²) in [7, 11) is 0. The van der Waals surface area contributed by atoms with Crippen molar-refractivity contribution in [1.82, 2.24) is 14.8 Å². The van der Waals surface area contributed by atoms with Crippen molar-refractivity contribution in [3.63, 3.8) is 0 Å². The Labute approximate surface area is 208 Å². The summed E-state index contributed by atoms with van der Waals surface area (Å²) in [6.45, 7) is 10.2. The van der Waals surface area contributed by atoms with E-state index in [1.807, 2.05) is 52.0 Å². The van der Waals surface area contributed by atoms with Crippen LogP contribution in [0, 0.1) is 18.3 Å². The fourth-order valence-electron chi connectivity index (χ4n) is 4.29. The number of rotatable bonds is 6. The van der Waals surface area contributed by atoms with Crippen molar-refractivity contribution in [2.45, 2.75) is 40.2 Å². The molecule has 0 saturated heterocycles. The van der Waals surface area contributed by atoms with Gasteiger partial charge in [-0.3, -0.25) is 9.67 Å². The molecule has 2 heterocycles. The number of hydrogen-bond acceptors (Lipinski definition) is 3. The van der Waals surface area contributed by atoms with Gasteiger partial charge in [-0.25, -0.2) is 0 Å². The highest BCUT2D eigenvalue weighted by molar-refractivity contribution is 5.62. The lowest BCUT2D eigenvalue weighted by atomic mass is 9.77. The fraction of sp³-hybridized carbons (Fsp3) is 0.194. The number of benzene rings is 2. The van der Waals surface area contributed by atoms with Crippen LogP contribution in [0.4, 0.5) is 0 Å². The average molecular weight is 461 g/mol. The Hall–Kier alpha value is -4.23. The van der Waals surface area contributed by atoms with E-state index in [1.165, 1.54) is 0 Å². The molecule has 0 unspecified atom stereocenters. The van der Waals surface area contributed by atoms with Crippen molar-refractivity contribution in [1.29, 1.82) is 5.26 Å². The van der Waals surface area contributed by atoms with E-state index in [2.05, 4.69) is 89.5 Å². The van der Waals surface area contributed by atoms with Gasteiger partial charge in [0, 0.05) is 18.0 Å². The molecule has 176 valence electrons. The third-order valence-electron chi connectivity index (χ3n) is 5.90. The second-order valence-electron chi connectivity index (χ2n) is 7.93. The van der Waals surface area contributed by atoms with Crippen molar-refractivity contribution in [2.75, 3.05) is 0 Å². The van der Waals surface area contributed by atoms with Crippen molar-refractivity contribution in [3.05, 3.63) is 131 Å². The van der Waals surface area contributed by atoms with Gasteiger partial charge in [-0.05, 0) is 49.6 Å². The second-order valence-corrected chi connectivity index (χ2v) is 7.93. The first-order valence-electron chi connectivity index (χ1n) is 12.0. The molecule has 0 spiro atoms. The third kappa shape index (κ3) is 5.00. The second kappa shape index (κ2) is 11.8. The molecule has 0 aliphatic carbocycles. The monoisotopic (exact) mass is 460 g/mol. The molecule has 0 radical (unpaired) electrons. The lowest BCUT2D eigenvalue weighted by Gasteiger charge is -2.37. The van der Waals surface area contributed by atoms with Crippen molar-refractivity contribution in [2.24, 2.45) is 0 Å². The van der Waals surface area contributed by atoms with Crippen LogP contribution in [0.1, 0.15) is 50.1 Å². The van der Waals surface area contributed by atoms with Gasteiger partial charge >= 0.3 is 0 Å². The zero-order chi connectivity index (χ0) is 25.3. The van der Waals surface area contributed by atoms with Gasteiger partial charge in [0.25, 0.3) is 0 Å². The quantitative estimate of drug-likeness (QED) is 0.281. The van der Waals surface area contributed by atoms with Gasteiger partial charge in [0.05, 0.1) is 17.0 Å². The molecule has 35 heavy (non-hydrogen) atoms. The molecule has 4 rings (SSSR count). The first-order chi connectivity index (χ1) is 17.1. The van der Waals surface area contributed by atoms with E-state index >= 15 is 0 Å². The van der Waals surface area contributed by atoms with Crippen LogP contribution in [0.25, 0.3) is 11.3 Å². The summed E-state index contributed by atoms with van der Waals surface area (Å²) in [6, 6.07) is 26.7. The molecule has 0 aliphatic heterocycles. The van der Waals surface area contributed by atoms with Crippen LogP contribution in [0.2, 0.25) is 0 Å². The van der Waals surface area contributed by atoms with Gasteiger partial charge in [0.1, 0.15) is 11.6 Å². The molecule has 0 bridgehead atoms. The minimum atomic E-state index is -0.641. The summed E-state index contributed by atoms with van der Waals surface area (Å²) in [5.74, 6) is 0. The Morgan fingerprint density at radius 3 is 2.03 bits per heavy atom. The first-order valence-corrected chi connectivity index (χ1v) is 12.0. The SMILES string of the molecule is C/C=C\C=C(/C)C(c1ccccc1)(c1ccccc1)n1cc(-c2ccc(C#N)cn2)c(C)n1.CC. The molecule has 0 atom stereocenters. The van der Waals surface area contributed by atoms with Gasteiger partial charge in [0.15, 0.2) is 0 Å². The topological polar surface area (TPSA) is 54.5 Å². The molecule has 0 saturated carbocycles. The molecule has 0 N–H and O–H groups in total. The molecule has 4 heteroatoms. The maximum Gasteiger partial charge on any atom is 0.134 e. The lowest BCUT2D eigenvalue weighted by Crippen LogP contribution is -2.38. The van der Waals surface area contributed by atoms with Crippen LogP contribution in [-0.4, -0.2) is 14.8 Å². The summed E-state index contributed by atoms with van der Waals surface area (Å²) in [5, 5.41) is 14.2. The van der Waals surface area contributed by atoms with Crippen molar-refractivity contribution < 1.29 is 0 Å². The summed E-state index contributed by atoms with van der Waals surface area (Å²) in [6.07, 6.45) is 9.92. The van der Waals surface area contributed by atoms with E-state index < -0.39 is 5.54 Å². The molecule has 2 aromatic heterocycles. The maximum absolute atomic E-state index is 9.13. The predicted molar refractivity (Wildman–Crippen MR) is 144 cm³/mol. The smallest absolute Gasteiger partial charge is 0.134 e. The van der Waals surface area contributed by atoms with Crippen LogP contribution >= 0.6 is 0 Å². The van der Waals surface area contributed by atoms with E-state index in [0.29, 0.717) is 5.56 Å². The van der Waals surface area contributed by atoms with E-state index in [-0.39, 0.29) is 0 Å². The van der Waals surface area contributed by atoms with E-state index in [0.717, 1.165) is 33.7 Å². The molecule has 0 fully saturated rings. The average Bonchev–Trinajstić information content (AvgIpc) is 3.31. The number of aryl methyl sites for hydroxylation is 1. The minimum Gasteiger partial charge on any atom is -0.255 e. The Balaban J connectivity index is 0.00000167. The highest BCUT2D eigenvalue weighted by Gasteiger charge is 2.39. The normalized spacial score (nSPS) is 11.6. The number of nitriles is 1. The lowest BCUT2D eigenvalue weighted by molar-refractivity contribution is 0.448. The Bertz CT molecular complexity index is 1280. The van der Waals surface area contributed by atoms with E-state index in [4.69, 9.17) is 10.4 Å². The number of nitrogens with zero attached hydrogens (tertiary/aromatic N) is 4.